The first-order valence-corrected chi connectivity index (χ1v) is 5.75. The molecule has 0 spiro atoms. The van der Waals surface area contributed by atoms with Gasteiger partial charge in [0.1, 0.15) is 17.6 Å². The van der Waals surface area contributed by atoms with Crippen LogP contribution in [0.3, 0.4) is 0 Å². The minimum absolute atomic E-state index is 0.233. The summed E-state index contributed by atoms with van der Waals surface area (Å²) in [5.41, 5.74) is 0.355. The van der Waals surface area contributed by atoms with E-state index in [9.17, 15) is 9.59 Å². The van der Waals surface area contributed by atoms with Crippen molar-refractivity contribution >= 4 is 12.3 Å². The van der Waals surface area contributed by atoms with E-state index in [-0.39, 0.29) is 6.61 Å². The summed E-state index contributed by atoms with van der Waals surface area (Å²) < 4.78 is 10.4. The molecule has 0 aliphatic rings. The molecular formula is C15H16O4. The van der Waals surface area contributed by atoms with Crippen LogP contribution in [0.25, 0.3) is 0 Å². The van der Waals surface area contributed by atoms with Gasteiger partial charge in [0.2, 0.25) is 0 Å². The van der Waals surface area contributed by atoms with Gasteiger partial charge < -0.3 is 9.47 Å². The summed E-state index contributed by atoms with van der Waals surface area (Å²) in [6, 6.07) is 4.66. The third-order valence-corrected chi connectivity index (χ3v) is 2.01. The highest BCUT2D eigenvalue weighted by atomic mass is 16.6. The van der Waals surface area contributed by atoms with Crippen molar-refractivity contribution in [1.29, 1.82) is 0 Å². The number of hydrogen-bond acceptors (Lipinski definition) is 4. The average Bonchev–Trinajstić information content (AvgIpc) is 2.33. The van der Waals surface area contributed by atoms with E-state index in [1.165, 1.54) is 6.07 Å². The van der Waals surface area contributed by atoms with Crippen molar-refractivity contribution in [3.8, 4) is 18.1 Å². The van der Waals surface area contributed by atoms with Crippen molar-refractivity contribution in [2.24, 2.45) is 0 Å². The molecule has 19 heavy (non-hydrogen) atoms. The third kappa shape index (κ3) is 5.26. The number of terminal acetylenes is 1. The molecule has 0 saturated heterocycles. The minimum Gasteiger partial charge on any atom is -0.482 e. The summed E-state index contributed by atoms with van der Waals surface area (Å²) in [6.07, 6.45) is 5.94. The Morgan fingerprint density at radius 2 is 2.05 bits per heavy atom. The zero-order valence-electron chi connectivity index (χ0n) is 11.2. The average molecular weight is 260 g/mol. The number of aldehydes is 1. The molecule has 0 radical (unpaired) electrons. The predicted octanol–water partition coefficient (Wildman–Crippen LogP) is 2.20. The molecule has 0 bridgehead atoms. The number of benzene rings is 1. The highest BCUT2D eigenvalue weighted by molar-refractivity contribution is 5.77. The van der Waals surface area contributed by atoms with Crippen molar-refractivity contribution in [1.82, 2.24) is 0 Å². The molecule has 0 heterocycles. The maximum absolute atomic E-state index is 11.5. The Kier molecular flexibility index (Phi) is 4.71. The van der Waals surface area contributed by atoms with Crippen molar-refractivity contribution in [3.05, 3.63) is 29.3 Å². The standard InChI is InChI=1S/C15H16O4/c1-5-11-6-12(9-16)8-13(7-11)18-10-14(17)19-15(2,3)4/h1,6-9H,10H2,2-4H3. The van der Waals surface area contributed by atoms with E-state index in [2.05, 4.69) is 5.92 Å². The van der Waals surface area contributed by atoms with Crippen molar-refractivity contribution < 1.29 is 19.1 Å². The molecular weight excluding hydrogens is 244 g/mol. The van der Waals surface area contributed by atoms with E-state index in [0.717, 1.165) is 0 Å². The van der Waals surface area contributed by atoms with E-state index in [0.29, 0.717) is 23.2 Å². The molecule has 0 aliphatic carbocycles. The van der Waals surface area contributed by atoms with E-state index in [1.807, 2.05) is 0 Å². The normalized spacial score (nSPS) is 10.4. The molecule has 0 fully saturated rings. The second-order valence-corrected chi connectivity index (χ2v) is 4.93. The lowest BCUT2D eigenvalue weighted by atomic mass is 10.1. The summed E-state index contributed by atoms with van der Waals surface area (Å²) >= 11 is 0. The predicted molar refractivity (Wildman–Crippen MR) is 71.1 cm³/mol. The quantitative estimate of drug-likeness (QED) is 0.473. The Morgan fingerprint density at radius 1 is 1.37 bits per heavy atom. The smallest absolute Gasteiger partial charge is 0.344 e. The molecule has 100 valence electrons. The maximum Gasteiger partial charge on any atom is 0.344 e. The molecule has 4 nitrogen and oxygen atoms in total. The number of hydrogen-bond donors (Lipinski definition) is 0. The van der Waals surface area contributed by atoms with Crippen LogP contribution in [-0.4, -0.2) is 24.5 Å². The molecule has 0 aliphatic heterocycles. The number of carbonyl (C=O) groups is 2. The Morgan fingerprint density at radius 3 is 2.58 bits per heavy atom. The molecule has 0 atom stereocenters. The van der Waals surface area contributed by atoms with Crippen LogP contribution in [0.2, 0.25) is 0 Å². The molecule has 1 aromatic carbocycles. The lowest BCUT2D eigenvalue weighted by Gasteiger charge is -2.19. The van der Waals surface area contributed by atoms with Gasteiger partial charge in [0.15, 0.2) is 6.61 Å². The van der Waals surface area contributed by atoms with E-state index in [1.54, 1.807) is 32.9 Å². The molecule has 1 rings (SSSR count). The van der Waals surface area contributed by atoms with Gasteiger partial charge in [-0.1, -0.05) is 5.92 Å². The van der Waals surface area contributed by atoms with Gasteiger partial charge in [0, 0.05) is 11.1 Å². The van der Waals surface area contributed by atoms with Crippen LogP contribution in [0.15, 0.2) is 18.2 Å². The van der Waals surface area contributed by atoms with Crippen LogP contribution in [0, 0.1) is 12.3 Å². The summed E-state index contributed by atoms with van der Waals surface area (Å²) in [7, 11) is 0. The number of ether oxygens (including phenoxy) is 2. The molecule has 0 N–H and O–H groups in total. The second-order valence-electron chi connectivity index (χ2n) is 4.93. The van der Waals surface area contributed by atoms with Crippen molar-refractivity contribution in [2.45, 2.75) is 26.4 Å². The maximum atomic E-state index is 11.5. The van der Waals surface area contributed by atoms with E-state index < -0.39 is 11.6 Å². The Labute approximate surface area is 112 Å². The molecule has 4 heteroatoms. The molecule has 0 amide bonds. The van der Waals surface area contributed by atoms with Gasteiger partial charge in [-0.25, -0.2) is 4.79 Å². The van der Waals surface area contributed by atoms with Crippen LogP contribution < -0.4 is 4.74 Å². The van der Waals surface area contributed by atoms with Gasteiger partial charge in [-0.3, -0.25) is 4.79 Å². The van der Waals surface area contributed by atoms with Gasteiger partial charge in [0.05, 0.1) is 0 Å². The summed E-state index contributed by atoms with van der Waals surface area (Å²) in [4.78, 5) is 22.2. The molecule has 0 saturated carbocycles. The third-order valence-electron chi connectivity index (χ3n) is 2.01. The van der Waals surface area contributed by atoms with Crippen LogP contribution >= 0.6 is 0 Å². The first-order chi connectivity index (χ1) is 8.84. The van der Waals surface area contributed by atoms with Gasteiger partial charge in [0.25, 0.3) is 0 Å². The van der Waals surface area contributed by atoms with Gasteiger partial charge in [-0.2, -0.15) is 0 Å². The highest BCUT2D eigenvalue weighted by Crippen LogP contribution is 2.16. The van der Waals surface area contributed by atoms with Crippen molar-refractivity contribution in [3.63, 3.8) is 0 Å². The van der Waals surface area contributed by atoms with Crippen LogP contribution in [0.1, 0.15) is 36.7 Å². The van der Waals surface area contributed by atoms with Crippen LogP contribution in [-0.2, 0) is 9.53 Å². The van der Waals surface area contributed by atoms with Gasteiger partial charge in [-0.05, 0) is 39.0 Å². The summed E-state index contributed by atoms with van der Waals surface area (Å²) in [6.45, 7) is 5.08. The van der Waals surface area contributed by atoms with E-state index in [4.69, 9.17) is 15.9 Å². The van der Waals surface area contributed by atoms with Crippen LogP contribution in [0.5, 0.6) is 5.75 Å². The number of carbonyl (C=O) groups excluding carboxylic acids is 2. The van der Waals surface area contributed by atoms with Crippen molar-refractivity contribution in [2.75, 3.05) is 6.61 Å². The molecule has 0 unspecified atom stereocenters. The first-order valence-electron chi connectivity index (χ1n) is 5.75. The lowest BCUT2D eigenvalue weighted by Crippen LogP contribution is -2.27. The van der Waals surface area contributed by atoms with E-state index >= 15 is 0 Å². The zero-order valence-corrected chi connectivity index (χ0v) is 11.2. The largest absolute Gasteiger partial charge is 0.482 e. The Hall–Kier alpha value is -2.28. The fourth-order valence-electron chi connectivity index (χ4n) is 1.37. The Balaban J connectivity index is 2.70. The topological polar surface area (TPSA) is 52.6 Å². The fraction of sp³-hybridized carbons (Fsp3) is 0.333. The highest BCUT2D eigenvalue weighted by Gasteiger charge is 2.16. The minimum atomic E-state index is -0.560. The first kappa shape index (κ1) is 14.8. The zero-order chi connectivity index (χ0) is 14.5. The monoisotopic (exact) mass is 260 g/mol. The number of esters is 1. The Bertz CT molecular complexity index is 518. The lowest BCUT2D eigenvalue weighted by molar-refractivity contribution is -0.157. The van der Waals surface area contributed by atoms with Crippen LogP contribution in [0.4, 0.5) is 0 Å². The fourth-order valence-corrected chi connectivity index (χ4v) is 1.37. The summed E-state index contributed by atoms with van der Waals surface area (Å²) in [5, 5.41) is 0. The SMILES string of the molecule is C#Cc1cc(C=O)cc(OCC(=O)OC(C)(C)C)c1. The number of rotatable bonds is 4. The second kappa shape index (κ2) is 6.05. The molecule has 1 aromatic rings. The van der Waals surface area contributed by atoms with Gasteiger partial charge in [-0.15, -0.1) is 6.42 Å². The van der Waals surface area contributed by atoms with Gasteiger partial charge >= 0.3 is 5.97 Å². The molecule has 0 aromatic heterocycles. The summed E-state index contributed by atoms with van der Waals surface area (Å²) in [5.74, 6) is 2.30.